The zero-order valence-electron chi connectivity index (χ0n) is 15.0. The second-order valence-corrected chi connectivity index (χ2v) is 8.40. The minimum Gasteiger partial charge on any atom is -0.457 e. The first-order valence-electron chi connectivity index (χ1n) is 8.48. The van der Waals surface area contributed by atoms with Gasteiger partial charge in [0.2, 0.25) is 0 Å². The number of carbonyl (C=O) groups excluding carboxylic acids is 1. The van der Waals surface area contributed by atoms with Crippen LogP contribution in [0.3, 0.4) is 0 Å². The first-order valence-corrected chi connectivity index (χ1v) is 10.5. The number of nitrogens with one attached hydrogen (secondary N) is 1. The van der Waals surface area contributed by atoms with Crippen molar-refractivity contribution in [2.45, 2.75) is 0 Å². The minimum atomic E-state index is -0.467. The van der Waals surface area contributed by atoms with Gasteiger partial charge in [-0.25, -0.2) is 4.99 Å². The molecule has 3 aromatic rings. The summed E-state index contributed by atoms with van der Waals surface area (Å²) >= 11 is 10.4. The largest absolute Gasteiger partial charge is 0.457 e. The standard InChI is InChI=1S/C20H11BrClN3O4S/c21-16-9-13(25(27)28)5-7-15(16)17-8-6-14(29-17)10-18-19(26)24-20(30-18)23-12-3-1-11(22)2-4-12/h1-10H,(H,23,24,26)/b18-10-. The van der Waals surface area contributed by atoms with Crippen molar-refractivity contribution in [1.29, 1.82) is 0 Å². The summed E-state index contributed by atoms with van der Waals surface area (Å²) in [6.45, 7) is 0. The van der Waals surface area contributed by atoms with Crippen LogP contribution in [0, 0.1) is 10.1 Å². The molecule has 1 fully saturated rings. The highest BCUT2D eigenvalue weighted by Crippen LogP contribution is 2.34. The van der Waals surface area contributed by atoms with Gasteiger partial charge in [-0.2, -0.15) is 0 Å². The predicted octanol–water partition coefficient (Wildman–Crippen LogP) is 6.16. The van der Waals surface area contributed by atoms with Gasteiger partial charge < -0.3 is 9.73 Å². The van der Waals surface area contributed by atoms with Gasteiger partial charge in [-0.3, -0.25) is 14.9 Å². The first kappa shape index (κ1) is 20.4. The van der Waals surface area contributed by atoms with E-state index in [0.717, 1.165) is 0 Å². The maximum absolute atomic E-state index is 12.3. The number of furan rings is 1. The molecule has 10 heteroatoms. The van der Waals surface area contributed by atoms with Crippen LogP contribution >= 0.6 is 39.3 Å². The fourth-order valence-corrected chi connectivity index (χ4v) is 4.15. The average molecular weight is 505 g/mol. The summed E-state index contributed by atoms with van der Waals surface area (Å²) in [5.74, 6) is 0.713. The molecule has 0 atom stereocenters. The molecule has 150 valence electrons. The number of hydrogen-bond donors (Lipinski definition) is 1. The summed E-state index contributed by atoms with van der Waals surface area (Å²) < 4.78 is 6.34. The van der Waals surface area contributed by atoms with E-state index in [1.165, 1.54) is 23.9 Å². The Morgan fingerprint density at radius 2 is 1.93 bits per heavy atom. The number of non-ortho nitro benzene ring substituents is 1. The quantitative estimate of drug-likeness (QED) is 0.261. The first-order chi connectivity index (χ1) is 14.4. The van der Waals surface area contributed by atoms with E-state index in [2.05, 4.69) is 26.2 Å². The van der Waals surface area contributed by atoms with Crippen LogP contribution in [-0.4, -0.2) is 16.0 Å². The molecule has 0 aliphatic carbocycles. The van der Waals surface area contributed by atoms with Gasteiger partial charge in [-0.15, -0.1) is 0 Å². The molecule has 1 aliphatic heterocycles. The van der Waals surface area contributed by atoms with Gasteiger partial charge in [-0.1, -0.05) is 11.6 Å². The van der Waals surface area contributed by atoms with Crippen LogP contribution in [-0.2, 0) is 4.79 Å². The Kier molecular flexibility index (Phi) is 5.76. The highest BCUT2D eigenvalue weighted by molar-refractivity contribution is 9.10. The minimum absolute atomic E-state index is 0.0222. The van der Waals surface area contributed by atoms with Crippen molar-refractivity contribution in [3.05, 3.63) is 84.9 Å². The average Bonchev–Trinajstić information content (AvgIpc) is 3.30. The van der Waals surface area contributed by atoms with Crippen molar-refractivity contribution in [3.8, 4) is 11.3 Å². The Bertz CT molecular complexity index is 1220. The molecule has 0 saturated carbocycles. The lowest BCUT2D eigenvalue weighted by molar-refractivity contribution is -0.384. The SMILES string of the molecule is O=C1NC(=Nc2ccc(Cl)cc2)S/C1=C\c1ccc(-c2ccc([N+](=O)[O-])cc2Br)o1. The lowest BCUT2D eigenvalue weighted by Crippen LogP contribution is -2.19. The zero-order chi connectivity index (χ0) is 21.3. The molecule has 1 amide bonds. The normalized spacial score (nSPS) is 16.3. The number of rotatable bonds is 4. The number of nitro benzene ring substituents is 1. The Morgan fingerprint density at radius 1 is 1.17 bits per heavy atom. The number of nitrogens with zero attached hydrogens (tertiary/aromatic N) is 2. The van der Waals surface area contributed by atoms with Gasteiger partial charge in [-0.05, 0) is 70.2 Å². The van der Waals surface area contributed by atoms with E-state index in [9.17, 15) is 14.9 Å². The van der Waals surface area contributed by atoms with Crippen LogP contribution in [0.1, 0.15) is 5.76 Å². The van der Waals surface area contributed by atoms with E-state index in [4.69, 9.17) is 16.0 Å². The molecular weight excluding hydrogens is 494 g/mol. The Balaban J connectivity index is 1.55. The molecule has 30 heavy (non-hydrogen) atoms. The molecule has 7 nitrogen and oxygen atoms in total. The summed E-state index contributed by atoms with van der Waals surface area (Å²) in [6, 6.07) is 14.8. The number of halogens is 2. The smallest absolute Gasteiger partial charge is 0.270 e. The molecule has 1 N–H and O–H groups in total. The summed E-state index contributed by atoms with van der Waals surface area (Å²) in [4.78, 5) is 27.5. The summed E-state index contributed by atoms with van der Waals surface area (Å²) in [5, 5.41) is 14.7. The Hall–Kier alpha value is -2.88. The van der Waals surface area contributed by atoms with E-state index in [0.29, 0.717) is 42.3 Å². The number of aliphatic imine (C=N–C) groups is 1. The molecule has 2 aromatic carbocycles. The molecule has 1 aliphatic rings. The number of thioether (sulfide) groups is 1. The summed E-state index contributed by atoms with van der Waals surface area (Å²) in [7, 11) is 0. The zero-order valence-corrected chi connectivity index (χ0v) is 18.1. The molecule has 0 unspecified atom stereocenters. The van der Waals surface area contributed by atoms with Gasteiger partial charge in [0.05, 0.1) is 15.5 Å². The number of benzene rings is 2. The van der Waals surface area contributed by atoms with Crippen LogP contribution in [0.25, 0.3) is 17.4 Å². The van der Waals surface area contributed by atoms with E-state index in [1.54, 1.807) is 48.5 Å². The number of hydrogen-bond acceptors (Lipinski definition) is 6. The van der Waals surface area contributed by atoms with E-state index >= 15 is 0 Å². The van der Waals surface area contributed by atoms with Crippen molar-refractivity contribution in [2.75, 3.05) is 0 Å². The van der Waals surface area contributed by atoms with Crippen LogP contribution in [0.15, 0.2) is 73.4 Å². The summed E-state index contributed by atoms with van der Waals surface area (Å²) in [5.41, 5.74) is 1.32. The highest BCUT2D eigenvalue weighted by Gasteiger charge is 2.24. The molecule has 0 bridgehead atoms. The van der Waals surface area contributed by atoms with Crippen molar-refractivity contribution >= 4 is 67.8 Å². The number of carbonyl (C=O) groups is 1. The predicted molar refractivity (Wildman–Crippen MR) is 121 cm³/mol. The lowest BCUT2D eigenvalue weighted by Gasteiger charge is -2.00. The molecular formula is C20H11BrClN3O4S. The molecule has 4 rings (SSSR count). The van der Waals surface area contributed by atoms with E-state index < -0.39 is 4.92 Å². The lowest BCUT2D eigenvalue weighted by atomic mass is 10.1. The van der Waals surface area contributed by atoms with Crippen LogP contribution in [0.2, 0.25) is 5.02 Å². The second kappa shape index (κ2) is 8.47. The van der Waals surface area contributed by atoms with E-state index in [1.807, 2.05) is 0 Å². The third-order valence-electron chi connectivity index (χ3n) is 4.04. The molecule has 0 radical (unpaired) electrons. The Labute approximate surface area is 188 Å². The molecule has 1 saturated heterocycles. The van der Waals surface area contributed by atoms with Gasteiger partial charge in [0.1, 0.15) is 11.5 Å². The van der Waals surface area contributed by atoms with Crippen LogP contribution in [0.5, 0.6) is 0 Å². The fraction of sp³-hybridized carbons (Fsp3) is 0. The van der Waals surface area contributed by atoms with Crippen molar-refractivity contribution in [3.63, 3.8) is 0 Å². The third-order valence-corrected chi connectivity index (χ3v) is 5.86. The number of amides is 1. The van der Waals surface area contributed by atoms with Gasteiger partial charge in [0.15, 0.2) is 5.17 Å². The van der Waals surface area contributed by atoms with Crippen molar-refractivity contribution < 1.29 is 14.1 Å². The van der Waals surface area contributed by atoms with Crippen molar-refractivity contribution in [1.82, 2.24) is 5.32 Å². The molecule has 2 heterocycles. The number of nitro groups is 1. The molecule has 0 spiro atoms. The second-order valence-electron chi connectivity index (χ2n) is 6.08. The number of amidine groups is 1. The van der Waals surface area contributed by atoms with Gasteiger partial charge >= 0.3 is 0 Å². The van der Waals surface area contributed by atoms with E-state index in [-0.39, 0.29) is 11.6 Å². The molecule has 1 aromatic heterocycles. The highest BCUT2D eigenvalue weighted by atomic mass is 79.9. The third kappa shape index (κ3) is 4.48. The topological polar surface area (TPSA) is 97.7 Å². The monoisotopic (exact) mass is 503 g/mol. The maximum atomic E-state index is 12.3. The van der Waals surface area contributed by atoms with Crippen LogP contribution < -0.4 is 5.32 Å². The van der Waals surface area contributed by atoms with Gasteiger partial charge in [0.25, 0.3) is 11.6 Å². The fourth-order valence-electron chi connectivity index (χ4n) is 2.64. The van der Waals surface area contributed by atoms with Gasteiger partial charge in [0, 0.05) is 33.3 Å². The Morgan fingerprint density at radius 3 is 2.63 bits per heavy atom. The van der Waals surface area contributed by atoms with Crippen molar-refractivity contribution in [2.24, 2.45) is 4.99 Å². The summed E-state index contributed by atoms with van der Waals surface area (Å²) in [6.07, 6.45) is 1.62. The van der Waals surface area contributed by atoms with Crippen LogP contribution in [0.4, 0.5) is 11.4 Å². The maximum Gasteiger partial charge on any atom is 0.270 e.